The number of hydrogen-bond donors (Lipinski definition) is 2. The fraction of sp³-hybridized carbons (Fsp3) is 0.192. The monoisotopic (exact) mass is 484 g/mol. The Kier molecular flexibility index (Phi) is 6.17. The lowest BCUT2D eigenvalue weighted by Gasteiger charge is -2.35. The molecular weight excluding hydrogens is 460 g/mol. The van der Waals surface area contributed by atoms with Gasteiger partial charge in [-0.15, -0.1) is 0 Å². The summed E-state index contributed by atoms with van der Waals surface area (Å²) in [5.74, 6) is -0.378. The molecule has 1 aliphatic heterocycles. The summed E-state index contributed by atoms with van der Waals surface area (Å²) < 4.78 is 0. The number of likely N-dealkylation sites (N-methyl/N-ethyl adjacent to an activating group) is 1. The Labute approximate surface area is 206 Å². The number of aromatic nitrogens is 2. The summed E-state index contributed by atoms with van der Waals surface area (Å²) in [4.78, 5) is 40.3. The second kappa shape index (κ2) is 9.59. The van der Waals surface area contributed by atoms with E-state index < -0.39 is 4.92 Å². The quantitative estimate of drug-likeness (QED) is 0.328. The van der Waals surface area contributed by atoms with Crippen LogP contribution in [0.2, 0.25) is 0 Å². The van der Waals surface area contributed by atoms with E-state index >= 15 is 0 Å². The van der Waals surface area contributed by atoms with E-state index in [0.29, 0.717) is 27.7 Å². The van der Waals surface area contributed by atoms with Crippen molar-refractivity contribution in [1.29, 1.82) is 0 Å². The summed E-state index contributed by atoms with van der Waals surface area (Å²) in [6.45, 7) is 3.39. The molecule has 0 saturated carbocycles. The molecule has 1 fully saturated rings. The summed E-state index contributed by atoms with van der Waals surface area (Å²) in [7, 11) is 2.07. The van der Waals surface area contributed by atoms with Gasteiger partial charge in [-0.25, -0.2) is 5.10 Å². The highest BCUT2D eigenvalue weighted by molar-refractivity contribution is 6.07. The molecule has 0 atom stereocenters. The number of nitrogens with zero attached hydrogens (tertiary/aromatic N) is 4. The van der Waals surface area contributed by atoms with E-state index in [-0.39, 0.29) is 17.2 Å². The number of carbonyl (C=O) groups excluding carboxylic acids is 1. The zero-order valence-corrected chi connectivity index (χ0v) is 19.6. The summed E-state index contributed by atoms with van der Waals surface area (Å²) in [6.07, 6.45) is 0. The molecule has 3 aromatic carbocycles. The van der Waals surface area contributed by atoms with Gasteiger partial charge in [0.05, 0.1) is 27.4 Å². The van der Waals surface area contributed by atoms with Crippen molar-refractivity contribution in [1.82, 2.24) is 15.1 Å². The van der Waals surface area contributed by atoms with Crippen LogP contribution in [-0.4, -0.2) is 59.2 Å². The van der Waals surface area contributed by atoms with Gasteiger partial charge >= 0.3 is 0 Å². The minimum Gasteiger partial charge on any atom is -0.367 e. The molecule has 10 heteroatoms. The van der Waals surface area contributed by atoms with Crippen LogP contribution in [0, 0.1) is 10.1 Å². The molecule has 2 N–H and O–H groups in total. The van der Waals surface area contributed by atoms with Gasteiger partial charge in [-0.3, -0.25) is 19.7 Å². The highest BCUT2D eigenvalue weighted by Crippen LogP contribution is 2.34. The number of amides is 1. The molecule has 0 spiro atoms. The fourth-order valence-corrected chi connectivity index (χ4v) is 4.37. The van der Waals surface area contributed by atoms with E-state index in [9.17, 15) is 19.7 Å². The predicted molar refractivity (Wildman–Crippen MR) is 139 cm³/mol. The van der Waals surface area contributed by atoms with Crippen LogP contribution < -0.4 is 15.8 Å². The van der Waals surface area contributed by atoms with Crippen LogP contribution in [0.4, 0.5) is 17.1 Å². The third-order valence-electron chi connectivity index (χ3n) is 6.40. The smallest absolute Gasteiger partial charge is 0.272 e. The van der Waals surface area contributed by atoms with Gasteiger partial charge in [0.25, 0.3) is 17.2 Å². The lowest BCUT2D eigenvalue weighted by Crippen LogP contribution is -2.44. The molecular formula is C26H24N6O4. The Bertz CT molecular complexity index is 1510. The minimum atomic E-state index is -0.502. The van der Waals surface area contributed by atoms with Crippen LogP contribution in [0.15, 0.2) is 71.5 Å². The van der Waals surface area contributed by atoms with E-state index in [1.807, 2.05) is 30.3 Å². The Morgan fingerprint density at radius 1 is 1.00 bits per heavy atom. The van der Waals surface area contributed by atoms with Crippen LogP contribution >= 0.6 is 0 Å². The van der Waals surface area contributed by atoms with Crippen molar-refractivity contribution in [2.24, 2.45) is 0 Å². The van der Waals surface area contributed by atoms with Crippen LogP contribution in [0.1, 0.15) is 10.4 Å². The van der Waals surface area contributed by atoms with E-state index in [0.717, 1.165) is 37.4 Å². The van der Waals surface area contributed by atoms with Crippen LogP contribution in [0.5, 0.6) is 0 Å². The van der Waals surface area contributed by atoms with E-state index in [4.69, 9.17) is 0 Å². The zero-order valence-electron chi connectivity index (χ0n) is 19.6. The Balaban J connectivity index is 1.55. The number of nitrogens with one attached hydrogen (secondary N) is 2. The first-order valence-electron chi connectivity index (χ1n) is 11.5. The zero-order chi connectivity index (χ0) is 25.2. The van der Waals surface area contributed by atoms with Crippen molar-refractivity contribution in [2.45, 2.75) is 0 Å². The number of non-ortho nitro benzene ring substituents is 1. The Morgan fingerprint density at radius 3 is 2.39 bits per heavy atom. The molecule has 1 saturated heterocycles. The predicted octanol–water partition coefficient (Wildman–Crippen LogP) is 3.50. The fourth-order valence-electron chi connectivity index (χ4n) is 4.37. The number of carbonyl (C=O) groups is 1. The maximum atomic E-state index is 13.1. The molecule has 2 heterocycles. The second-order valence-electron chi connectivity index (χ2n) is 8.73. The molecule has 0 radical (unpaired) electrons. The molecule has 10 nitrogen and oxygen atoms in total. The molecule has 1 aliphatic rings. The van der Waals surface area contributed by atoms with Gasteiger partial charge in [0.1, 0.15) is 0 Å². The number of nitro groups is 1. The van der Waals surface area contributed by atoms with E-state index in [1.54, 1.807) is 12.1 Å². The first-order valence-corrected chi connectivity index (χ1v) is 11.5. The Morgan fingerprint density at radius 2 is 1.69 bits per heavy atom. The van der Waals surface area contributed by atoms with Crippen LogP contribution in [0.3, 0.4) is 0 Å². The standard InChI is InChI=1S/C26H24N6O4/c1-30-12-14-31(15-13-30)23-11-8-18(24-20-4-2-3-5-21(20)26(34)29-28-24)16-22(23)27-25(33)17-6-9-19(10-7-17)32(35)36/h2-11,16H,12-15H2,1H3,(H,27,33)(H,29,34). The van der Waals surface area contributed by atoms with Gasteiger partial charge in [-0.05, 0) is 37.4 Å². The molecule has 1 aromatic heterocycles. The van der Waals surface area contributed by atoms with Crippen molar-refractivity contribution in [3.8, 4) is 11.3 Å². The maximum Gasteiger partial charge on any atom is 0.272 e. The number of benzene rings is 3. The molecule has 1 amide bonds. The minimum absolute atomic E-state index is 0.0808. The van der Waals surface area contributed by atoms with Crippen molar-refractivity contribution < 1.29 is 9.72 Å². The normalized spacial score (nSPS) is 14.1. The number of rotatable bonds is 5. The van der Waals surface area contributed by atoms with Gasteiger partial charge < -0.3 is 15.1 Å². The third kappa shape index (κ3) is 4.53. The Hall–Kier alpha value is -4.57. The molecule has 36 heavy (non-hydrogen) atoms. The average Bonchev–Trinajstić information content (AvgIpc) is 2.90. The van der Waals surface area contributed by atoms with Gasteiger partial charge in [-0.2, -0.15) is 5.10 Å². The summed E-state index contributed by atoms with van der Waals surface area (Å²) in [5, 5.41) is 22.1. The molecule has 0 aliphatic carbocycles. The molecule has 0 bridgehead atoms. The number of aromatic amines is 1. The number of fused-ring (bicyclic) bond motifs is 1. The highest BCUT2D eigenvalue weighted by Gasteiger charge is 2.20. The number of piperazine rings is 1. The average molecular weight is 485 g/mol. The molecule has 182 valence electrons. The van der Waals surface area contributed by atoms with Crippen molar-refractivity contribution >= 4 is 33.7 Å². The lowest BCUT2D eigenvalue weighted by atomic mass is 10.0. The van der Waals surface area contributed by atoms with Crippen molar-refractivity contribution in [3.63, 3.8) is 0 Å². The molecule has 4 aromatic rings. The number of H-pyrrole nitrogens is 1. The van der Waals surface area contributed by atoms with E-state index in [1.165, 1.54) is 24.3 Å². The molecule has 5 rings (SSSR count). The van der Waals surface area contributed by atoms with Crippen LogP contribution in [0.25, 0.3) is 22.0 Å². The highest BCUT2D eigenvalue weighted by atomic mass is 16.6. The molecule has 0 unspecified atom stereocenters. The second-order valence-corrected chi connectivity index (χ2v) is 8.73. The first kappa shape index (κ1) is 23.2. The van der Waals surface area contributed by atoms with Gasteiger partial charge in [-0.1, -0.05) is 24.3 Å². The summed E-state index contributed by atoms with van der Waals surface area (Å²) >= 11 is 0. The largest absolute Gasteiger partial charge is 0.367 e. The number of hydrogen-bond acceptors (Lipinski definition) is 7. The number of nitro benzene ring substituents is 1. The summed E-state index contributed by atoms with van der Waals surface area (Å²) in [5.41, 5.74) is 2.76. The van der Waals surface area contributed by atoms with E-state index in [2.05, 4.69) is 32.4 Å². The lowest BCUT2D eigenvalue weighted by molar-refractivity contribution is -0.384. The topological polar surface area (TPSA) is 124 Å². The third-order valence-corrected chi connectivity index (χ3v) is 6.40. The van der Waals surface area contributed by atoms with Crippen molar-refractivity contribution in [3.05, 3.63) is 92.8 Å². The van der Waals surface area contributed by atoms with Crippen LogP contribution in [-0.2, 0) is 0 Å². The summed E-state index contributed by atoms with van der Waals surface area (Å²) in [6, 6.07) is 18.5. The maximum absolute atomic E-state index is 13.1. The van der Waals surface area contributed by atoms with Gasteiger partial charge in [0.15, 0.2) is 0 Å². The SMILES string of the molecule is CN1CCN(c2ccc(-c3n[nH]c(=O)c4ccccc34)cc2NC(=O)c2ccc([N+](=O)[O-])cc2)CC1. The van der Waals surface area contributed by atoms with Gasteiger partial charge in [0, 0.05) is 54.8 Å². The number of anilines is 2. The first-order chi connectivity index (χ1) is 17.4. The van der Waals surface area contributed by atoms with Crippen molar-refractivity contribution in [2.75, 3.05) is 43.4 Å². The van der Waals surface area contributed by atoms with Gasteiger partial charge in [0.2, 0.25) is 0 Å².